The summed E-state index contributed by atoms with van der Waals surface area (Å²) in [5.74, 6) is 0.812. The third-order valence-corrected chi connectivity index (χ3v) is 3.90. The first-order valence-corrected chi connectivity index (χ1v) is 7.46. The highest BCUT2D eigenvalue weighted by atomic mass is 32.1. The van der Waals surface area contributed by atoms with Gasteiger partial charge in [0, 0.05) is 23.5 Å². The molecule has 0 aliphatic heterocycles. The number of pyridine rings is 1. The van der Waals surface area contributed by atoms with Crippen molar-refractivity contribution in [3.05, 3.63) is 46.4 Å². The van der Waals surface area contributed by atoms with Crippen LogP contribution in [0.2, 0.25) is 0 Å². The Morgan fingerprint density at radius 1 is 1.42 bits per heavy atom. The molecule has 0 spiro atoms. The average molecular weight is 276 g/mol. The summed E-state index contributed by atoms with van der Waals surface area (Å²) in [6, 6.07) is 6.63. The number of aromatic nitrogens is 1. The molecule has 3 nitrogen and oxygen atoms in total. The molecule has 2 rings (SSSR count). The molecular formula is C15H20N2OS. The Labute approximate surface area is 118 Å². The number of nitrogens with zero attached hydrogens (tertiary/aromatic N) is 1. The lowest BCUT2D eigenvalue weighted by Gasteiger charge is -2.18. The van der Waals surface area contributed by atoms with Crippen molar-refractivity contribution in [3.8, 4) is 5.75 Å². The molecule has 2 heterocycles. The minimum atomic E-state index is 0.293. The second-order valence-electron chi connectivity index (χ2n) is 4.45. The highest BCUT2D eigenvalue weighted by Crippen LogP contribution is 2.23. The van der Waals surface area contributed by atoms with Crippen molar-refractivity contribution >= 4 is 11.3 Å². The van der Waals surface area contributed by atoms with Crippen molar-refractivity contribution in [2.45, 2.75) is 25.8 Å². The molecular weight excluding hydrogens is 256 g/mol. The Balaban J connectivity index is 2.15. The van der Waals surface area contributed by atoms with Crippen LogP contribution in [0.25, 0.3) is 0 Å². The maximum atomic E-state index is 5.26. The first-order valence-electron chi connectivity index (χ1n) is 6.58. The molecule has 4 heteroatoms. The van der Waals surface area contributed by atoms with Gasteiger partial charge in [0.05, 0.1) is 13.3 Å². The first kappa shape index (κ1) is 14.0. The lowest BCUT2D eigenvalue weighted by atomic mass is 10.0. The predicted molar refractivity (Wildman–Crippen MR) is 79.8 cm³/mol. The Bertz CT molecular complexity index is 485. The van der Waals surface area contributed by atoms with Gasteiger partial charge in [0.15, 0.2) is 0 Å². The van der Waals surface area contributed by atoms with Crippen LogP contribution in [0.4, 0.5) is 0 Å². The Morgan fingerprint density at radius 2 is 2.32 bits per heavy atom. The summed E-state index contributed by atoms with van der Waals surface area (Å²) in [6.45, 7) is 3.19. The Hall–Kier alpha value is -1.39. The highest BCUT2D eigenvalue weighted by Gasteiger charge is 2.13. The summed E-state index contributed by atoms with van der Waals surface area (Å²) >= 11 is 1.80. The van der Waals surface area contributed by atoms with E-state index in [4.69, 9.17) is 4.74 Å². The number of hydrogen-bond donors (Lipinski definition) is 1. The smallest absolute Gasteiger partial charge is 0.137 e. The van der Waals surface area contributed by atoms with Crippen molar-refractivity contribution in [1.29, 1.82) is 0 Å². The molecule has 0 bridgehead atoms. The second-order valence-corrected chi connectivity index (χ2v) is 5.48. The standard InChI is InChI=1S/C15H20N2OS/c1-3-6-17-15(9-14-5-4-7-19-14)12-8-13(18-2)11-16-10-12/h4-5,7-8,10-11,15,17H,3,6,9H2,1-2H3. The van der Waals surface area contributed by atoms with E-state index in [1.54, 1.807) is 24.6 Å². The van der Waals surface area contributed by atoms with E-state index in [1.165, 1.54) is 10.4 Å². The van der Waals surface area contributed by atoms with Gasteiger partial charge in [0.25, 0.3) is 0 Å². The summed E-state index contributed by atoms with van der Waals surface area (Å²) < 4.78 is 5.26. The van der Waals surface area contributed by atoms with Crippen LogP contribution < -0.4 is 10.1 Å². The maximum Gasteiger partial charge on any atom is 0.137 e. The molecule has 2 aromatic heterocycles. The summed E-state index contributed by atoms with van der Waals surface area (Å²) in [7, 11) is 1.68. The summed E-state index contributed by atoms with van der Waals surface area (Å²) in [5, 5.41) is 5.71. The van der Waals surface area contributed by atoms with Crippen molar-refractivity contribution in [2.75, 3.05) is 13.7 Å². The molecule has 1 atom stereocenters. The number of hydrogen-bond acceptors (Lipinski definition) is 4. The fraction of sp³-hybridized carbons (Fsp3) is 0.400. The van der Waals surface area contributed by atoms with Gasteiger partial charge < -0.3 is 10.1 Å². The molecule has 0 saturated heterocycles. The van der Waals surface area contributed by atoms with Crippen LogP contribution in [0, 0.1) is 0 Å². The van der Waals surface area contributed by atoms with E-state index in [9.17, 15) is 0 Å². The molecule has 19 heavy (non-hydrogen) atoms. The minimum absolute atomic E-state index is 0.293. The number of methoxy groups -OCH3 is 1. The zero-order valence-corrected chi connectivity index (χ0v) is 12.2. The normalized spacial score (nSPS) is 12.3. The molecule has 0 aliphatic carbocycles. The van der Waals surface area contributed by atoms with E-state index in [2.05, 4.69) is 40.8 Å². The number of ether oxygens (including phenoxy) is 1. The van der Waals surface area contributed by atoms with Gasteiger partial charge >= 0.3 is 0 Å². The topological polar surface area (TPSA) is 34.2 Å². The maximum absolute atomic E-state index is 5.26. The van der Waals surface area contributed by atoms with Crippen LogP contribution in [-0.2, 0) is 6.42 Å². The zero-order valence-electron chi connectivity index (χ0n) is 11.4. The Morgan fingerprint density at radius 3 is 3.00 bits per heavy atom. The van der Waals surface area contributed by atoms with Gasteiger partial charge in [0.2, 0.25) is 0 Å². The fourth-order valence-corrected chi connectivity index (χ4v) is 2.75. The molecule has 2 aromatic rings. The van der Waals surface area contributed by atoms with Crippen molar-refractivity contribution < 1.29 is 4.74 Å². The highest BCUT2D eigenvalue weighted by molar-refractivity contribution is 7.09. The van der Waals surface area contributed by atoms with Crippen LogP contribution in [-0.4, -0.2) is 18.6 Å². The summed E-state index contributed by atoms with van der Waals surface area (Å²) in [5.41, 5.74) is 1.18. The van der Waals surface area contributed by atoms with Crippen LogP contribution >= 0.6 is 11.3 Å². The van der Waals surface area contributed by atoms with Crippen molar-refractivity contribution in [1.82, 2.24) is 10.3 Å². The average Bonchev–Trinajstić information content (AvgIpc) is 2.96. The quantitative estimate of drug-likeness (QED) is 0.841. The van der Waals surface area contributed by atoms with E-state index >= 15 is 0 Å². The molecule has 102 valence electrons. The van der Waals surface area contributed by atoms with Crippen LogP contribution in [0.3, 0.4) is 0 Å². The number of rotatable bonds is 7. The molecule has 0 fully saturated rings. The van der Waals surface area contributed by atoms with Crippen LogP contribution in [0.15, 0.2) is 36.0 Å². The van der Waals surface area contributed by atoms with Gasteiger partial charge in [0.1, 0.15) is 5.75 Å². The van der Waals surface area contributed by atoms with E-state index in [0.717, 1.165) is 25.1 Å². The first-order chi connectivity index (χ1) is 9.33. The lowest BCUT2D eigenvalue weighted by molar-refractivity contribution is 0.410. The third-order valence-electron chi connectivity index (χ3n) is 3.00. The molecule has 0 amide bonds. The van der Waals surface area contributed by atoms with E-state index < -0.39 is 0 Å². The molecule has 0 saturated carbocycles. The monoisotopic (exact) mass is 276 g/mol. The van der Waals surface area contributed by atoms with E-state index in [1.807, 2.05) is 6.20 Å². The summed E-state index contributed by atoms with van der Waals surface area (Å²) in [4.78, 5) is 5.64. The predicted octanol–water partition coefficient (Wildman–Crippen LogP) is 3.44. The molecule has 0 radical (unpaired) electrons. The number of thiophene rings is 1. The molecule has 0 aliphatic rings. The Kier molecular flexibility index (Phi) is 5.36. The van der Waals surface area contributed by atoms with Gasteiger partial charge in [-0.15, -0.1) is 11.3 Å². The lowest BCUT2D eigenvalue weighted by Crippen LogP contribution is -2.24. The van der Waals surface area contributed by atoms with Gasteiger partial charge in [-0.2, -0.15) is 0 Å². The molecule has 0 aromatic carbocycles. The van der Waals surface area contributed by atoms with Gasteiger partial charge in [-0.1, -0.05) is 13.0 Å². The zero-order chi connectivity index (χ0) is 13.5. The number of nitrogens with one attached hydrogen (secondary N) is 1. The van der Waals surface area contributed by atoms with Gasteiger partial charge in [-0.25, -0.2) is 0 Å². The van der Waals surface area contributed by atoms with Crippen molar-refractivity contribution in [3.63, 3.8) is 0 Å². The fourth-order valence-electron chi connectivity index (χ4n) is 1.99. The largest absolute Gasteiger partial charge is 0.495 e. The SMILES string of the molecule is CCCNC(Cc1cccs1)c1cncc(OC)c1. The van der Waals surface area contributed by atoms with Gasteiger partial charge in [-0.05, 0) is 36.0 Å². The van der Waals surface area contributed by atoms with E-state index in [0.29, 0.717) is 6.04 Å². The van der Waals surface area contributed by atoms with Crippen molar-refractivity contribution in [2.24, 2.45) is 0 Å². The minimum Gasteiger partial charge on any atom is -0.495 e. The third kappa shape index (κ3) is 4.04. The van der Waals surface area contributed by atoms with Crippen LogP contribution in [0.1, 0.15) is 29.8 Å². The summed E-state index contributed by atoms with van der Waals surface area (Å²) in [6.07, 6.45) is 5.78. The molecule has 1 N–H and O–H groups in total. The molecule has 1 unspecified atom stereocenters. The van der Waals surface area contributed by atoms with Gasteiger partial charge in [-0.3, -0.25) is 4.98 Å². The van der Waals surface area contributed by atoms with E-state index in [-0.39, 0.29) is 0 Å². The second kappa shape index (κ2) is 7.26. The van der Waals surface area contributed by atoms with Crippen LogP contribution in [0.5, 0.6) is 5.75 Å².